The van der Waals surface area contributed by atoms with Crippen LogP contribution in [0.3, 0.4) is 0 Å². The Kier molecular flexibility index (Phi) is 4.46. The van der Waals surface area contributed by atoms with E-state index in [1.54, 1.807) is 24.3 Å². The topological polar surface area (TPSA) is 80.0 Å². The van der Waals surface area contributed by atoms with Crippen molar-refractivity contribution in [2.75, 3.05) is 11.1 Å². The van der Waals surface area contributed by atoms with E-state index >= 15 is 0 Å². The molecule has 1 aliphatic carbocycles. The summed E-state index contributed by atoms with van der Waals surface area (Å²) >= 11 is 0. The van der Waals surface area contributed by atoms with Gasteiger partial charge >= 0.3 is 0 Å². The molecule has 1 aliphatic rings. The first-order chi connectivity index (χ1) is 13.1. The van der Waals surface area contributed by atoms with Crippen LogP contribution in [0.5, 0.6) is 0 Å². The van der Waals surface area contributed by atoms with Crippen LogP contribution < -0.4 is 16.4 Å². The van der Waals surface area contributed by atoms with Crippen LogP contribution in [0.4, 0.5) is 21.6 Å². The highest BCUT2D eigenvalue weighted by Gasteiger charge is 2.23. The molecular weight excluding hydrogens is 343 g/mol. The zero-order valence-electron chi connectivity index (χ0n) is 14.6. The number of hydrogen-bond acceptors (Lipinski definition) is 4. The molecule has 0 aliphatic heterocycles. The van der Waals surface area contributed by atoms with Crippen molar-refractivity contribution in [3.05, 3.63) is 83.3 Å². The van der Waals surface area contributed by atoms with E-state index < -0.39 is 5.82 Å². The van der Waals surface area contributed by atoms with E-state index in [1.165, 1.54) is 23.3 Å². The van der Waals surface area contributed by atoms with E-state index in [-0.39, 0.29) is 23.3 Å². The number of anilines is 3. The first-order valence-electron chi connectivity index (χ1n) is 8.75. The van der Waals surface area contributed by atoms with Crippen LogP contribution in [0.1, 0.15) is 21.6 Å². The van der Waals surface area contributed by atoms with Gasteiger partial charge in [-0.15, -0.1) is 0 Å². The molecule has 1 amide bonds. The Morgan fingerprint density at radius 3 is 2.41 bits per heavy atom. The Morgan fingerprint density at radius 1 is 1.04 bits per heavy atom. The molecule has 6 heteroatoms. The summed E-state index contributed by atoms with van der Waals surface area (Å²) in [6.45, 7) is 0. The van der Waals surface area contributed by atoms with Crippen LogP contribution in [0.15, 0.2) is 60.7 Å². The molecule has 0 fully saturated rings. The van der Waals surface area contributed by atoms with Gasteiger partial charge in [0.2, 0.25) is 0 Å². The fraction of sp³-hybridized carbons (Fsp3) is 0.143. The molecule has 0 saturated heterocycles. The predicted molar refractivity (Wildman–Crippen MR) is 103 cm³/mol. The second-order valence-corrected chi connectivity index (χ2v) is 6.62. The Balaban J connectivity index is 1.50. The van der Waals surface area contributed by atoms with Gasteiger partial charge in [0.25, 0.3) is 5.91 Å². The highest BCUT2D eigenvalue weighted by Crippen LogP contribution is 2.23. The van der Waals surface area contributed by atoms with Crippen LogP contribution >= 0.6 is 0 Å². The van der Waals surface area contributed by atoms with Crippen molar-refractivity contribution in [2.24, 2.45) is 0 Å². The molecule has 0 radical (unpaired) electrons. The van der Waals surface area contributed by atoms with Gasteiger partial charge in [-0.05, 0) is 42.2 Å². The Bertz CT molecular complexity index is 980. The number of benzene rings is 2. The monoisotopic (exact) mass is 362 g/mol. The van der Waals surface area contributed by atoms with Crippen LogP contribution in [-0.2, 0) is 12.8 Å². The lowest BCUT2D eigenvalue weighted by Gasteiger charge is -2.13. The van der Waals surface area contributed by atoms with Crippen LogP contribution in [0.2, 0.25) is 0 Å². The smallest absolute Gasteiger partial charge is 0.270 e. The Hall–Kier alpha value is -3.41. The summed E-state index contributed by atoms with van der Waals surface area (Å²) in [6, 6.07) is 17.5. The average molecular weight is 362 g/mol. The largest absolute Gasteiger partial charge is 0.399 e. The van der Waals surface area contributed by atoms with Gasteiger partial charge in [-0.1, -0.05) is 36.4 Å². The van der Waals surface area contributed by atoms with Crippen LogP contribution in [0, 0.1) is 5.82 Å². The molecule has 2 aromatic carbocycles. The van der Waals surface area contributed by atoms with Crippen LogP contribution in [-0.4, -0.2) is 16.9 Å². The molecule has 0 saturated carbocycles. The van der Waals surface area contributed by atoms with Gasteiger partial charge < -0.3 is 16.4 Å². The number of nitrogen functional groups attached to an aromatic ring is 1. The second kappa shape index (κ2) is 7.07. The summed E-state index contributed by atoms with van der Waals surface area (Å²) in [5, 5.41) is 5.88. The van der Waals surface area contributed by atoms with Gasteiger partial charge in [-0.25, -0.2) is 9.37 Å². The van der Waals surface area contributed by atoms with E-state index in [1.807, 2.05) is 12.1 Å². The number of halogens is 1. The standard InChI is InChI=1S/C21H19FN4O/c22-17-7-3-4-8-18(17)25-20-12-15(23)11-19(26-20)21(27)24-16-9-13-5-1-2-6-14(13)10-16/h1-8,11-12,16H,9-10H2,(H,24,27)(H3,23,25,26). The number of carbonyl (C=O) groups excluding carboxylic acids is 1. The highest BCUT2D eigenvalue weighted by molar-refractivity contribution is 5.94. The number of amides is 1. The molecule has 0 atom stereocenters. The van der Waals surface area contributed by atoms with Crippen molar-refractivity contribution >= 4 is 23.1 Å². The number of pyridine rings is 1. The van der Waals surface area contributed by atoms with Crippen molar-refractivity contribution in [3.8, 4) is 0 Å². The SMILES string of the molecule is Nc1cc(Nc2ccccc2F)nc(C(=O)NC2Cc3ccccc3C2)c1. The molecule has 27 heavy (non-hydrogen) atoms. The number of carbonyl (C=O) groups is 1. The molecule has 0 bridgehead atoms. The van der Waals surface area contributed by atoms with E-state index in [9.17, 15) is 9.18 Å². The zero-order valence-corrected chi connectivity index (χ0v) is 14.6. The van der Waals surface area contributed by atoms with Gasteiger partial charge in [0.1, 0.15) is 17.3 Å². The molecule has 3 aromatic rings. The predicted octanol–water partition coefficient (Wildman–Crippen LogP) is 3.44. The third-order valence-corrected chi connectivity index (χ3v) is 4.60. The minimum Gasteiger partial charge on any atom is -0.399 e. The first-order valence-corrected chi connectivity index (χ1v) is 8.75. The summed E-state index contributed by atoms with van der Waals surface area (Å²) in [5.74, 6) is -0.381. The molecular formula is C21H19FN4O. The maximum Gasteiger partial charge on any atom is 0.270 e. The number of rotatable bonds is 4. The molecule has 0 spiro atoms. The maximum absolute atomic E-state index is 13.8. The Morgan fingerprint density at radius 2 is 1.70 bits per heavy atom. The molecule has 1 aromatic heterocycles. The summed E-state index contributed by atoms with van der Waals surface area (Å²) in [7, 11) is 0. The third kappa shape index (κ3) is 3.74. The highest BCUT2D eigenvalue weighted by atomic mass is 19.1. The normalized spacial score (nSPS) is 13.2. The van der Waals surface area contributed by atoms with E-state index in [0.29, 0.717) is 11.5 Å². The van der Waals surface area contributed by atoms with Gasteiger partial charge in [-0.2, -0.15) is 0 Å². The lowest BCUT2D eigenvalue weighted by Crippen LogP contribution is -2.35. The number of para-hydroxylation sites is 1. The number of aromatic nitrogens is 1. The van der Waals surface area contributed by atoms with E-state index in [2.05, 4.69) is 27.8 Å². The lowest BCUT2D eigenvalue weighted by molar-refractivity contribution is 0.0933. The fourth-order valence-electron chi connectivity index (χ4n) is 3.35. The van der Waals surface area contributed by atoms with Gasteiger partial charge in [0, 0.05) is 17.8 Å². The number of nitrogens with two attached hydrogens (primary N) is 1. The number of nitrogens with one attached hydrogen (secondary N) is 2. The van der Waals surface area contributed by atoms with Crippen molar-refractivity contribution in [2.45, 2.75) is 18.9 Å². The molecule has 136 valence electrons. The summed E-state index contributed by atoms with van der Waals surface area (Å²) in [4.78, 5) is 16.9. The summed E-state index contributed by atoms with van der Waals surface area (Å²) in [6.07, 6.45) is 1.59. The minimum atomic E-state index is -0.406. The number of hydrogen-bond donors (Lipinski definition) is 3. The van der Waals surface area contributed by atoms with Gasteiger partial charge in [-0.3, -0.25) is 4.79 Å². The fourth-order valence-corrected chi connectivity index (χ4v) is 3.35. The first kappa shape index (κ1) is 17.0. The van der Waals surface area contributed by atoms with Gasteiger partial charge in [0.05, 0.1) is 5.69 Å². The van der Waals surface area contributed by atoms with E-state index in [0.717, 1.165) is 12.8 Å². The van der Waals surface area contributed by atoms with Crippen LogP contribution in [0.25, 0.3) is 0 Å². The van der Waals surface area contributed by atoms with E-state index in [4.69, 9.17) is 5.73 Å². The Labute approximate surface area is 156 Å². The third-order valence-electron chi connectivity index (χ3n) is 4.60. The molecule has 4 N–H and O–H groups in total. The molecule has 0 unspecified atom stereocenters. The van der Waals surface area contributed by atoms with Crippen molar-refractivity contribution in [1.82, 2.24) is 10.3 Å². The quantitative estimate of drug-likeness (QED) is 0.664. The molecule has 1 heterocycles. The zero-order chi connectivity index (χ0) is 18.8. The number of nitrogens with zero attached hydrogens (tertiary/aromatic N) is 1. The number of fused-ring (bicyclic) bond motifs is 1. The lowest BCUT2D eigenvalue weighted by atomic mass is 10.1. The van der Waals surface area contributed by atoms with Crippen molar-refractivity contribution in [1.29, 1.82) is 0 Å². The summed E-state index contributed by atoms with van der Waals surface area (Å²) in [5.41, 5.74) is 9.27. The maximum atomic E-state index is 13.8. The second-order valence-electron chi connectivity index (χ2n) is 6.62. The summed E-state index contributed by atoms with van der Waals surface area (Å²) < 4.78 is 13.8. The minimum absolute atomic E-state index is 0.0288. The average Bonchev–Trinajstić information content (AvgIpc) is 3.05. The molecule has 5 nitrogen and oxygen atoms in total. The van der Waals surface area contributed by atoms with Gasteiger partial charge in [0.15, 0.2) is 0 Å². The van der Waals surface area contributed by atoms with Crippen molar-refractivity contribution in [3.63, 3.8) is 0 Å². The van der Waals surface area contributed by atoms with Crippen molar-refractivity contribution < 1.29 is 9.18 Å². The molecule has 4 rings (SSSR count).